The molecule has 1 aliphatic rings. The standard InChI is InChI=1S/C14H20O6/c1-8(9-5-3-2-4-6-9)19-14-13(18)12(17)11(16)10(7-15)20-14/h2-6,8,10-18H,7H2,1H3/t8-,10+,11+,12-,13+,14-/m0/s1. The lowest BCUT2D eigenvalue weighted by Gasteiger charge is -2.40. The van der Waals surface area contributed by atoms with E-state index in [-0.39, 0.29) is 6.10 Å². The van der Waals surface area contributed by atoms with Crippen LogP contribution in [0.5, 0.6) is 0 Å². The molecule has 4 N–H and O–H groups in total. The van der Waals surface area contributed by atoms with Crippen molar-refractivity contribution in [1.82, 2.24) is 0 Å². The molecule has 1 heterocycles. The molecule has 0 spiro atoms. The maximum Gasteiger partial charge on any atom is 0.187 e. The fourth-order valence-corrected chi connectivity index (χ4v) is 2.18. The zero-order chi connectivity index (χ0) is 14.7. The maximum absolute atomic E-state index is 9.88. The van der Waals surface area contributed by atoms with Crippen LogP contribution in [0.15, 0.2) is 30.3 Å². The highest BCUT2D eigenvalue weighted by atomic mass is 16.7. The van der Waals surface area contributed by atoms with Crippen LogP contribution in [0.4, 0.5) is 0 Å². The lowest BCUT2D eigenvalue weighted by molar-refractivity contribution is -0.311. The van der Waals surface area contributed by atoms with Gasteiger partial charge in [-0.2, -0.15) is 0 Å². The number of rotatable bonds is 4. The van der Waals surface area contributed by atoms with Gasteiger partial charge in [-0.1, -0.05) is 30.3 Å². The van der Waals surface area contributed by atoms with Crippen molar-refractivity contribution in [3.8, 4) is 0 Å². The van der Waals surface area contributed by atoms with E-state index in [4.69, 9.17) is 14.6 Å². The van der Waals surface area contributed by atoms with E-state index in [2.05, 4.69) is 0 Å². The molecule has 0 amide bonds. The van der Waals surface area contributed by atoms with Crippen molar-refractivity contribution >= 4 is 0 Å². The molecule has 0 radical (unpaired) electrons. The molecule has 1 aromatic rings. The van der Waals surface area contributed by atoms with Gasteiger partial charge in [0.25, 0.3) is 0 Å². The van der Waals surface area contributed by atoms with Crippen molar-refractivity contribution in [3.05, 3.63) is 35.9 Å². The first-order valence-electron chi connectivity index (χ1n) is 6.55. The topological polar surface area (TPSA) is 99.4 Å². The van der Waals surface area contributed by atoms with Crippen LogP contribution in [0.1, 0.15) is 18.6 Å². The van der Waals surface area contributed by atoms with E-state index in [1.165, 1.54) is 0 Å². The summed E-state index contributed by atoms with van der Waals surface area (Å²) in [6.07, 6.45) is -6.60. The number of hydrogen-bond acceptors (Lipinski definition) is 6. The van der Waals surface area contributed by atoms with Crippen molar-refractivity contribution < 1.29 is 29.9 Å². The second-order valence-corrected chi connectivity index (χ2v) is 4.89. The third-order valence-corrected chi connectivity index (χ3v) is 3.46. The summed E-state index contributed by atoms with van der Waals surface area (Å²) in [5, 5.41) is 38.3. The Morgan fingerprint density at radius 2 is 1.75 bits per heavy atom. The van der Waals surface area contributed by atoms with Gasteiger partial charge in [0.05, 0.1) is 12.7 Å². The van der Waals surface area contributed by atoms with E-state index >= 15 is 0 Å². The van der Waals surface area contributed by atoms with Gasteiger partial charge in [0.1, 0.15) is 24.4 Å². The zero-order valence-corrected chi connectivity index (χ0v) is 11.2. The van der Waals surface area contributed by atoms with Crippen molar-refractivity contribution in [2.45, 2.75) is 43.7 Å². The SMILES string of the molecule is C[C@H](O[C@H]1O[C@H](CO)[C@@H](O)[C@H](O)[C@H]1O)c1ccccc1. The molecule has 0 saturated carbocycles. The van der Waals surface area contributed by atoms with Gasteiger partial charge in [0.2, 0.25) is 0 Å². The van der Waals surface area contributed by atoms with Crippen LogP contribution >= 0.6 is 0 Å². The normalized spacial score (nSPS) is 35.8. The Balaban J connectivity index is 2.04. The average Bonchev–Trinajstić information content (AvgIpc) is 2.48. The molecular formula is C14H20O6. The molecule has 2 rings (SSSR count). The molecule has 112 valence electrons. The Morgan fingerprint density at radius 1 is 1.10 bits per heavy atom. The third-order valence-electron chi connectivity index (χ3n) is 3.46. The summed E-state index contributed by atoms with van der Waals surface area (Å²) < 4.78 is 10.9. The van der Waals surface area contributed by atoms with Crippen molar-refractivity contribution in [3.63, 3.8) is 0 Å². The molecule has 1 saturated heterocycles. The lowest BCUT2D eigenvalue weighted by atomic mass is 9.99. The van der Waals surface area contributed by atoms with Crippen LogP contribution in [0.25, 0.3) is 0 Å². The second kappa shape index (κ2) is 6.62. The molecule has 1 aromatic carbocycles. The van der Waals surface area contributed by atoms with Crippen LogP contribution in [0, 0.1) is 0 Å². The minimum absolute atomic E-state index is 0.363. The number of aliphatic hydroxyl groups excluding tert-OH is 4. The van der Waals surface area contributed by atoms with Crippen molar-refractivity contribution in [2.75, 3.05) is 6.61 Å². The van der Waals surface area contributed by atoms with Crippen LogP contribution in [-0.2, 0) is 9.47 Å². The van der Waals surface area contributed by atoms with Crippen LogP contribution in [-0.4, -0.2) is 57.7 Å². The first kappa shape index (κ1) is 15.4. The van der Waals surface area contributed by atoms with Gasteiger partial charge in [-0.05, 0) is 12.5 Å². The van der Waals surface area contributed by atoms with E-state index in [0.29, 0.717) is 0 Å². The first-order chi connectivity index (χ1) is 9.54. The fourth-order valence-electron chi connectivity index (χ4n) is 2.18. The minimum atomic E-state index is -1.42. The highest BCUT2D eigenvalue weighted by Crippen LogP contribution is 2.26. The predicted molar refractivity (Wildman–Crippen MR) is 69.7 cm³/mol. The van der Waals surface area contributed by atoms with Crippen LogP contribution < -0.4 is 0 Å². The molecule has 0 aromatic heterocycles. The number of ether oxygens (including phenoxy) is 2. The molecule has 6 heteroatoms. The summed E-state index contributed by atoms with van der Waals surface area (Å²) in [6, 6.07) is 9.35. The van der Waals surface area contributed by atoms with Gasteiger partial charge in [0, 0.05) is 0 Å². The van der Waals surface area contributed by atoms with E-state index < -0.39 is 37.3 Å². The summed E-state index contributed by atoms with van der Waals surface area (Å²) in [5.74, 6) is 0. The zero-order valence-electron chi connectivity index (χ0n) is 11.2. The van der Waals surface area contributed by atoms with Gasteiger partial charge in [-0.3, -0.25) is 0 Å². The Kier molecular flexibility index (Phi) is 5.09. The number of hydrogen-bond donors (Lipinski definition) is 4. The largest absolute Gasteiger partial charge is 0.394 e. The Hall–Kier alpha value is -1.02. The molecule has 6 nitrogen and oxygen atoms in total. The van der Waals surface area contributed by atoms with E-state index in [9.17, 15) is 15.3 Å². The highest BCUT2D eigenvalue weighted by molar-refractivity contribution is 5.16. The maximum atomic E-state index is 9.88. The number of aliphatic hydroxyl groups is 4. The molecule has 1 aliphatic heterocycles. The van der Waals surface area contributed by atoms with Gasteiger partial charge >= 0.3 is 0 Å². The molecule has 0 bridgehead atoms. The molecule has 6 atom stereocenters. The van der Waals surface area contributed by atoms with Crippen LogP contribution in [0.2, 0.25) is 0 Å². The first-order valence-corrected chi connectivity index (χ1v) is 6.55. The van der Waals surface area contributed by atoms with Gasteiger partial charge in [0.15, 0.2) is 6.29 Å². The van der Waals surface area contributed by atoms with Crippen molar-refractivity contribution in [2.24, 2.45) is 0 Å². The summed E-state index contributed by atoms with van der Waals surface area (Å²) in [4.78, 5) is 0. The quantitative estimate of drug-likeness (QED) is 0.598. The number of benzene rings is 1. The fraction of sp³-hybridized carbons (Fsp3) is 0.571. The summed E-state index contributed by atoms with van der Waals surface area (Å²) >= 11 is 0. The monoisotopic (exact) mass is 284 g/mol. The average molecular weight is 284 g/mol. The summed E-state index contributed by atoms with van der Waals surface area (Å²) in [7, 11) is 0. The van der Waals surface area contributed by atoms with Gasteiger partial charge < -0.3 is 29.9 Å². The van der Waals surface area contributed by atoms with E-state index in [1.807, 2.05) is 30.3 Å². The Bertz CT molecular complexity index is 409. The van der Waals surface area contributed by atoms with Crippen LogP contribution in [0.3, 0.4) is 0 Å². The Labute approximate surface area is 117 Å². The molecular weight excluding hydrogens is 264 g/mol. The Morgan fingerprint density at radius 3 is 2.35 bits per heavy atom. The van der Waals surface area contributed by atoms with Gasteiger partial charge in [-0.15, -0.1) is 0 Å². The van der Waals surface area contributed by atoms with E-state index in [0.717, 1.165) is 5.56 Å². The minimum Gasteiger partial charge on any atom is -0.394 e. The smallest absolute Gasteiger partial charge is 0.187 e. The highest BCUT2D eigenvalue weighted by Gasteiger charge is 2.44. The molecule has 0 unspecified atom stereocenters. The van der Waals surface area contributed by atoms with E-state index in [1.54, 1.807) is 6.92 Å². The van der Waals surface area contributed by atoms with Crippen molar-refractivity contribution in [1.29, 1.82) is 0 Å². The third kappa shape index (κ3) is 3.17. The summed E-state index contributed by atoms with van der Waals surface area (Å²) in [6.45, 7) is 1.32. The summed E-state index contributed by atoms with van der Waals surface area (Å²) in [5.41, 5.74) is 0.893. The van der Waals surface area contributed by atoms with Gasteiger partial charge in [-0.25, -0.2) is 0 Å². The molecule has 0 aliphatic carbocycles. The molecule has 1 fully saturated rings. The molecule has 20 heavy (non-hydrogen) atoms. The predicted octanol–water partition coefficient (Wildman–Crippen LogP) is -0.436. The lowest BCUT2D eigenvalue weighted by Crippen LogP contribution is -2.59. The second-order valence-electron chi connectivity index (χ2n) is 4.89.